The second kappa shape index (κ2) is 22.7. The summed E-state index contributed by atoms with van der Waals surface area (Å²) in [7, 11) is 0. The third-order valence-electron chi connectivity index (χ3n) is 1.33. The van der Waals surface area contributed by atoms with E-state index in [2.05, 4.69) is 121 Å². The summed E-state index contributed by atoms with van der Waals surface area (Å²) in [6.45, 7) is 2.66. The first-order valence-corrected chi connectivity index (χ1v) is 8.31. The van der Waals surface area contributed by atoms with Crippen LogP contribution in [0.3, 0.4) is 0 Å². The van der Waals surface area contributed by atoms with Crippen molar-refractivity contribution in [2.24, 2.45) is 0 Å². The molecule has 0 radical (unpaired) electrons. The molecule has 0 saturated carbocycles. The first kappa shape index (κ1) is 31.5. The van der Waals surface area contributed by atoms with Gasteiger partial charge in [0, 0.05) is 26.2 Å². The van der Waals surface area contributed by atoms with Gasteiger partial charge in [0.15, 0.2) is 0 Å². The van der Waals surface area contributed by atoms with Crippen LogP contribution in [0.25, 0.3) is 0 Å². The van der Waals surface area contributed by atoms with E-state index in [0.29, 0.717) is 43.5 Å². The molecule has 0 aromatic heterocycles. The van der Waals surface area contributed by atoms with Crippen molar-refractivity contribution in [1.29, 1.82) is 0 Å². The molecule has 0 aliphatic carbocycles. The standard InChI is InChI=1S/2C4H8N2S4.2Zn/c2*7-3(8)5-1-2-6-4(9)10;;/h2*1-2H2,(H2,5,7,8)(H2,6,9,10);;/q;;2*+2/p-4. The van der Waals surface area contributed by atoms with E-state index >= 15 is 0 Å². The van der Waals surface area contributed by atoms with Crippen LogP contribution in [-0.4, -0.2) is 43.5 Å². The van der Waals surface area contributed by atoms with Gasteiger partial charge in [-0.15, -0.1) is 0 Å². The molecule has 0 amide bonds. The molecule has 0 unspecified atom stereocenters. The Labute approximate surface area is 200 Å². The molecular formula is C8H12N4S8Zn2. The van der Waals surface area contributed by atoms with Crippen LogP contribution in [0.1, 0.15) is 0 Å². The Morgan fingerprint density at radius 2 is 0.636 bits per heavy atom. The van der Waals surface area contributed by atoms with E-state index in [1.165, 1.54) is 0 Å². The number of rotatable bonds is 6. The molecule has 0 aliphatic heterocycles. The van der Waals surface area contributed by atoms with Crippen molar-refractivity contribution in [2.45, 2.75) is 0 Å². The molecule has 0 bridgehead atoms. The van der Waals surface area contributed by atoms with Crippen LogP contribution in [0, 0.1) is 0 Å². The summed E-state index contributed by atoms with van der Waals surface area (Å²) in [5.41, 5.74) is 0. The zero-order valence-corrected chi connectivity index (χ0v) is 24.0. The second-order valence-corrected chi connectivity index (χ2v) is 7.16. The van der Waals surface area contributed by atoms with E-state index in [4.69, 9.17) is 0 Å². The third kappa shape index (κ3) is 37.7. The molecule has 0 atom stereocenters. The van der Waals surface area contributed by atoms with E-state index in [-0.39, 0.29) is 39.0 Å². The van der Waals surface area contributed by atoms with Crippen molar-refractivity contribution < 1.29 is 39.0 Å². The fraction of sp³-hybridized carbons (Fsp3) is 0.500. The van der Waals surface area contributed by atoms with Gasteiger partial charge in [0.25, 0.3) is 0 Å². The van der Waals surface area contributed by atoms with E-state index in [1.54, 1.807) is 0 Å². The van der Waals surface area contributed by atoms with Crippen molar-refractivity contribution in [2.75, 3.05) is 26.2 Å². The molecule has 4 nitrogen and oxygen atoms in total. The minimum Gasteiger partial charge on any atom is -0.412 e. The minimum atomic E-state index is 0. The number of hydrogen-bond acceptors (Lipinski definition) is 8. The predicted octanol–water partition coefficient (Wildman–Crippen LogP) is -0.347. The Hall–Kier alpha value is 1.69. The van der Waals surface area contributed by atoms with Crippen molar-refractivity contribution in [1.82, 2.24) is 21.3 Å². The van der Waals surface area contributed by atoms with Crippen molar-refractivity contribution in [3.63, 3.8) is 0 Å². The van der Waals surface area contributed by atoms with Crippen LogP contribution in [0.2, 0.25) is 0 Å². The molecule has 116 valence electrons. The molecular weight excluding hydrogens is 539 g/mol. The Balaban J connectivity index is -0.000000135. The van der Waals surface area contributed by atoms with E-state index in [1.807, 2.05) is 0 Å². The summed E-state index contributed by atoms with van der Waals surface area (Å²) in [5.74, 6) is 0. The maximum absolute atomic E-state index is 4.59. The molecule has 0 spiro atoms. The van der Waals surface area contributed by atoms with Gasteiger partial charge in [-0.05, 0) is 0 Å². The van der Waals surface area contributed by atoms with Crippen molar-refractivity contribution >= 4 is 117 Å². The number of nitrogens with one attached hydrogen (secondary N) is 4. The molecule has 0 aliphatic rings. The van der Waals surface area contributed by atoms with Gasteiger partial charge in [-0.25, -0.2) is 0 Å². The quantitative estimate of drug-likeness (QED) is 0.151. The molecule has 0 fully saturated rings. The van der Waals surface area contributed by atoms with Gasteiger partial charge in [-0.2, -0.15) is 0 Å². The van der Waals surface area contributed by atoms with Crippen LogP contribution >= 0.6 is 48.9 Å². The maximum Gasteiger partial charge on any atom is 2.00 e. The molecule has 0 saturated heterocycles. The van der Waals surface area contributed by atoms with Gasteiger partial charge in [0.2, 0.25) is 0 Å². The summed E-state index contributed by atoms with van der Waals surface area (Å²) in [6, 6.07) is 0. The summed E-state index contributed by atoms with van der Waals surface area (Å²) >= 11 is 36.7. The Morgan fingerprint density at radius 1 is 0.500 bits per heavy atom. The van der Waals surface area contributed by atoms with Crippen molar-refractivity contribution in [3.8, 4) is 0 Å². The molecule has 14 heteroatoms. The summed E-state index contributed by atoms with van der Waals surface area (Å²) in [6.07, 6.45) is 0. The molecule has 0 rings (SSSR count). The molecule has 0 aromatic carbocycles. The van der Waals surface area contributed by atoms with Gasteiger partial charge >= 0.3 is 39.0 Å². The van der Waals surface area contributed by atoms with Crippen LogP contribution in [0.15, 0.2) is 0 Å². The summed E-state index contributed by atoms with van der Waals surface area (Å²) in [4.78, 5) is 0. The van der Waals surface area contributed by atoms with Gasteiger partial charge in [0.1, 0.15) is 0 Å². The third-order valence-corrected chi connectivity index (χ3v) is 2.48. The first-order valence-electron chi connectivity index (χ1n) is 5.05. The summed E-state index contributed by atoms with van der Waals surface area (Å²) in [5, 5.41) is 11.1. The fourth-order valence-electron chi connectivity index (χ4n) is 0.658. The molecule has 0 heterocycles. The van der Waals surface area contributed by atoms with Gasteiger partial charge < -0.3 is 121 Å². The minimum absolute atomic E-state index is 0. The van der Waals surface area contributed by atoms with Crippen molar-refractivity contribution in [3.05, 3.63) is 0 Å². The maximum atomic E-state index is 4.59. The predicted molar refractivity (Wildman–Crippen MR) is 112 cm³/mol. The largest absolute Gasteiger partial charge is 2.00 e. The van der Waals surface area contributed by atoms with Gasteiger partial charge in [-0.3, -0.25) is 0 Å². The van der Waals surface area contributed by atoms with Gasteiger partial charge in [0.05, 0.1) is 0 Å². The summed E-state index contributed by atoms with van der Waals surface area (Å²) < 4.78 is 1.49. The first-order chi connectivity index (χ1) is 9.25. The Bertz CT molecular complexity index is 280. The van der Waals surface area contributed by atoms with Crippen LogP contribution in [0.5, 0.6) is 0 Å². The Morgan fingerprint density at radius 3 is 0.727 bits per heavy atom. The van der Waals surface area contributed by atoms with E-state index < -0.39 is 0 Å². The van der Waals surface area contributed by atoms with E-state index in [9.17, 15) is 0 Å². The molecule has 4 N–H and O–H groups in total. The Kier molecular flexibility index (Phi) is 32.4. The molecule has 0 aromatic rings. The smallest absolute Gasteiger partial charge is 0.412 e. The average Bonchev–Trinajstić information content (AvgIpc) is 2.30. The second-order valence-electron chi connectivity index (χ2n) is 2.86. The average molecular weight is 552 g/mol. The topological polar surface area (TPSA) is 48.1 Å². The van der Waals surface area contributed by atoms with Crippen LogP contribution in [0.4, 0.5) is 0 Å². The van der Waals surface area contributed by atoms with Crippen LogP contribution in [-0.2, 0) is 89.5 Å². The molecule has 22 heavy (non-hydrogen) atoms. The fourth-order valence-corrected chi connectivity index (χ4v) is 1.47. The monoisotopic (exact) mass is 548 g/mol. The van der Waals surface area contributed by atoms with E-state index in [0.717, 1.165) is 0 Å². The van der Waals surface area contributed by atoms with Gasteiger partial charge in [-0.1, -0.05) is 17.3 Å². The normalized spacial score (nSPS) is 7.64. The number of thiocarbonyl (C=S) groups is 4. The van der Waals surface area contributed by atoms with Crippen LogP contribution < -0.4 is 21.3 Å². The zero-order valence-electron chi connectivity index (χ0n) is 11.5. The zero-order chi connectivity index (χ0) is 16.0. The SMILES string of the molecule is S=C([S-])NCCNC(=S)[S-].S=C([S-])NCCNC(=S)[S-].[Zn+2].[Zn+2]. The number of hydrogen-bond donors (Lipinski definition) is 4.